The van der Waals surface area contributed by atoms with Gasteiger partial charge in [0, 0.05) is 13.1 Å². The molecule has 0 aliphatic carbocycles. The summed E-state index contributed by atoms with van der Waals surface area (Å²) in [5.41, 5.74) is 0.928. The van der Waals surface area contributed by atoms with Crippen LogP contribution in [0.3, 0.4) is 0 Å². The van der Waals surface area contributed by atoms with E-state index >= 15 is 0 Å². The molecule has 0 amide bonds. The van der Waals surface area contributed by atoms with Crippen molar-refractivity contribution in [3.63, 3.8) is 0 Å². The summed E-state index contributed by atoms with van der Waals surface area (Å²) in [7, 11) is 0. The Hall–Kier alpha value is -1.31. The van der Waals surface area contributed by atoms with Gasteiger partial charge >= 0.3 is 6.36 Å². The lowest BCUT2D eigenvalue weighted by Gasteiger charge is -2.31. The maximum atomic E-state index is 12.1. The molecule has 0 atom stereocenters. The fourth-order valence-electron chi connectivity index (χ4n) is 2.79. The van der Waals surface area contributed by atoms with Gasteiger partial charge in [-0.05, 0) is 56.1 Å². The third-order valence-electron chi connectivity index (χ3n) is 4.04. The van der Waals surface area contributed by atoms with Gasteiger partial charge in [-0.25, -0.2) is 0 Å². The molecule has 1 fully saturated rings. The molecule has 0 aromatic heterocycles. The van der Waals surface area contributed by atoms with Gasteiger partial charge in [-0.15, -0.1) is 13.2 Å². The first-order valence-corrected chi connectivity index (χ1v) is 7.85. The smallest absolute Gasteiger partial charge is 0.406 e. The van der Waals surface area contributed by atoms with Crippen LogP contribution in [0.4, 0.5) is 13.2 Å². The highest BCUT2D eigenvalue weighted by Crippen LogP contribution is 2.22. The second kappa shape index (κ2) is 8.52. The Balaban J connectivity index is 1.67. The number of β-amino-alcohol motifs (C(OH)–C–C–N with tert-alkyl or cyclic N) is 1. The molecule has 7 heteroatoms. The molecule has 1 aromatic carbocycles. The second-order valence-corrected chi connectivity index (χ2v) is 5.83. The molecule has 23 heavy (non-hydrogen) atoms. The van der Waals surface area contributed by atoms with Crippen molar-refractivity contribution < 1.29 is 23.0 Å². The number of hydrogen-bond acceptors (Lipinski definition) is 4. The predicted octanol–water partition coefficient (Wildman–Crippen LogP) is 2.38. The van der Waals surface area contributed by atoms with Crippen molar-refractivity contribution in [1.29, 1.82) is 0 Å². The minimum Gasteiger partial charge on any atom is -0.406 e. The number of nitrogens with zero attached hydrogens (tertiary/aromatic N) is 1. The maximum absolute atomic E-state index is 12.1. The van der Waals surface area contributed by atoms with Crippen molar-refractivity contribution in [3.05, 3.63) is 29.8 Å². The highest BCUT2D eigenvalue weighted by Gasteiger charge is 2.30. The molecule has 1 saturated heterocycles. The number of nitrogens with one attached hydrogen (secondary N) is 1. The summed E-state index contributed by atoms with van der Waals surface area (Å²) in [6.45, 7) is 4.49. The van der Waals surface area contributed by atoms with Crippen LogP contribution >= 0.6 is 0 Å². The molecule has 1 aliphatic rings. The Labute approximate surface area is 134 Å². The first-order valence-electron chi connectivity index (χ1n) is 7.85. The van der Waals surface area contributed by atoms with Crippen LogP contribution in [0.25, 0.3) is 0 Å². The fraction of sp³-hybridized carbons (Fsp3) is 0.625. The summed E-state index contributed by atoms with van der Waals surface area (Å²) >= 11 is 0. The molecular weight excluding hydrogens is 309 g/mol. The van der Waals surface area contributed by atoms with Gasteiger partial charge < -0.3 is 20.1 Å². The van der Waals surface area contributed by atoms with Gasteiger partial charge in [0.05, 0.1) is 6.61 Å². The van der Waals surface area contributed by atoms with Gasteiger partial charge in [-0.1, -0.05) is 12.1 Å². The van der Waals surface area contributed by atoms with Crippen LogP contribution in [0.2, 0.25) is 0 Å². The standard InChI is InChI=1S/C16H23F3N2O2/c17-16(18,19)23-15-3-1-13(2-4-15)11-20-12-14-5-7-21(8-6-14)9-10-22/h1-4,14,20,22H,5-12H2. The van der Waals surface area contributed by atoms with Crippen LogP contribution in [0.15, 0.2) is 24.3 Å². The zero-order valence-electron chi connectivity index (χ0n) is 13.0. The molecule has 0 spiro atoms. The summed E-state index contributed by atoms with van der Waals surface area (Å²) in [6.07, 6.45) is -2.44. The number of hydrogen-bond donors (Lipinski definition) is 2. The fourth-order valence-corrected chi connectivity index (χ4v) is 2.79. The van der Waals surface area contributed by atoms with Crippen LogP contribution in [-0.2, 0) is 6.54 Å². The topological polar surface area (TPSA) is 44.7 Å². The monoisotopic (exact) mass is 332 g/mol. The summed E-state index contributed by atoms with van der Waals surface area (Å²) in [5, 5.41) is 12.3. The van der Waals surface area contributed by atoms with Crippen molar-refractivity contribution >= 4 is 0 Å². The molecule has 0 saturated carbocycles. The Kier molecular flexibility index (Phi) is 6.68. The van der Waals surface area contributed by atoms with E-state index in [9.17, 15) is 13.2 Å². The third-order valence-corrected chi connectivity index (χ3v) is 4.04. The maximum Gasteiger partial charge on any atom is 0.573 e. The second-order valence-electron chi connectivity index (χ2n) is 5.83. The molecule has 0 radical (unpaired) electrons. The Morgan fingerprint density at radius 2 is 1.83 bits per heavy atom. The molecule has 1 heterocycles. The van der Waals surface area contributed by atoms with Gasteiger partial charge in [-0.3, -0.25) is 0 Å². The average molecular weight is 332 g/mol. The summed E-state index contributed by atoms with van der Waals surface area (Å²) in [4.78, 5) is 2.26. The largest absolute Gasteiger partial charge is 0.573 e. The molecule has 1 aromatic rings. The van der Waals surface area contributed by atoms with Crippen LogP contribution < -0.4 is 10.1 Å². The minimum atomic E-state index is -4.65. The quantitative estimate of drug-likeness (QED) is 0.805. The molecule has 130 valence electrons. The highest BCUT2D eigenvalue weighted by atomic mass is 19.4. The van der Waals surface area contributed by atoms with E-state index in [2.05, 4.69) is 15.0 Å². The lowest BCUT2D eigenvalue weighted by atomic mass is 9.97. The Morgan fingerprint density at radius 3 is 2.39 bits per heavy atom. The van der Waals surface area contributed by atoms with E-state index in [0.29, 0.717) is 12.5 Å². The number of likely N-dealkylation sites (tertiary alicyclic amines) is 1. The SMILES string of the molecule is OCCN1CCC(CNCc2ccc(OC(F)(F)F)cc2)CC1. The van der Waals surface area contributed by atoms with Crippen molar-refractivity contribution in [2.45, 2.75) is 25.7 Å². The molecule has 1 aliphatic heterocycles. The van der Waals surface area contributed by atoms with E-state index < -0.39 is 6.36 Å². The number of aliphatic hydroxyl groups is 1. The number of aliphatic hydroxyl groups excluding tert-OH is 1. The average Bonchev–Trinajstić information content (AvgIpc) is 2.50. The third kappa shape index (κ3) is 6.76. The summed E-state index contributed by atoms with van der Waals surface area (Å²) in [6, 6.07) is 5.94. The number of alkyl halides is 3. The van der Waals surface area contributed by atoms with Crippen LogP contribution in [0.5, 0.6) is 5.75 Å². The van der Waals surface area contributed by atoms with E-state index in [0.717, 1.165) is 44.6 Å². The molecule has 0 unspecified atom stereocenters. The van der Waals surface area contributed by atoms with Crippen molar-refractivity contribution in [2.75, 3.05) is 32.8 Å². The van der Waals surface area contributed by atoms with Gasteiger partial charge in [0.25, 0.3) is 0 Å². The lowest BCUT2D eigenvalue weighted by Crippen LogP contribution is -2.38. The lowest BCUT2D eigenvalue weighted by molar-refractivity contribution is -0.274. The van der Waals surface area contributed by atoms with Gasteiger partial charge in [-0.2, -0.15) is 0 Å². The molecule has 0 bridgehead atoms. The van der Waals surface area contributed by atoms with Crippen molar-refractivity contribution in [1.82, 2.24) is 10.2 Å². The first kappa shape index (κ1) is 18.0. The van der Waals surface area contributed by atoms with Crippen molar-refractivity contribution in [2.24, 2.45) is 5.92 Å². The first-order chi connectivity index (χ1) is 11.0. The number of ether oxygens (including phenoxy) is 1. The molecule has 4 nitrogen and oxygen atoms in total. The van der Waals surface area contributed by atoms with Crippen molar-refractivity contribution in [3.8, 4) is 5.75 Å². The van der Waals surface area contributed by atoms with Gasteiger partial charge in [0.2, 0.25) is 0 Å². The normalized spacial score (nSPS) is 17.4. The van der Waals surface area contributed by atoms with E-state index in [4.69, 9.17) is 5.11 Å². The predicted molar refractivity (Wildman–Crippen MR) is 81.1 cm³/mol. The summed E-state index contributed by atoms with van der Waals surface area (Å²) in [5.74, 6) is 0.412. The number of benzene rings is 1. The highest BCUT2D eigenvalue weighted by molar-refractivity contribution is 5.27. The van der Waals surface area contributed by atoms with E-state index in [-0.39, 0.29) is 12.4 Å². The number of piperidine rings is 1. The van der Waals surface area contributed by atoms with Gasteiger partial charge in [0.15, 0.2) is 0 Å². The van der Waals surface area contributed by atoms with Gasteiger partial charge in [0.1, 0.15) is 5.75 Å². The zero-order chi connectivity index (χ0) is 16.7. The Morgan fingerprint density at radius 1 is 1.17 bits per heavy atom. The number of rotatable bonds is 7. The minimum absolute atomic E-state index is 0.197. The van der Waals surface area contributed by atoms with E-state index in [1.165, 1.54) is 12.1 Å². The van der Waals surface area contributed by atoms with Crippen LogP contribution in [-0.4, -0.2) is 49.2 Å². The molecule has 2 rings (SSSR count). The Bertz CT molecular complexity index is 457. The van der Waals surface area contributed by atoms with Crippen LogP contribution in [0, 0.1) is 5.92 Å². The molecular formula is C16H23F3N2O2. The summed E-state index contributed by atoms with van der Waals surface area (Å²) < 4.78 is 40.1. The zero-order valence-corrected chi connectivity index (χ0v) is 13.0. The number of halogens is 3. The molecule has 2 N–H and O–H groups in total. The van der Waals surface area contributed by atoms with E-state index in [1.807, 2.05) is 0 Å². The van der Waals surface area contributed by atoms with Crippen LogP contribution in [0.1, 0.15) is 18.4 Å². The van der Waals surface area contributed by atoms with E-state index in [1.54, 1.807) is 12.1 Å².